The lowest BCUT2D eigenvalue weighted by atomic mass is 9.43. The van der Waals surface area contributed by atoms with Gasteiger partial charge in [0.15, 0.2) is 0 Å². The largest absolute Gasteiger partial charge is 0.339 e. The summed E-state index contributed by atoms with van der Waals surface area (Å²) in [5.74, 6) is 2.35. The number of benzene rings is 1. The minimum atomic E-state index is 0.162. The van der Waals surface area contributed by atoms with E-state index in [9.17, 15) is 0 Å². The van der Waals surface area contributed by atoms with Crippen molar-refractivity contribution >= 4 is 45.8 Å². The van der Waals surface area contributed by atoms with E-state index in [-0.39, 0.29) is 6.71 Å². The molecule has 4 nitrogen and oxygen atoms in total. The molecule has 0 bridgehead atoms. The fraction of sp³-hybridized carbons (Fsp3) is 0.188. The highest BCUT2D eigenvalue weighted by Crippen LogP contribution is 2.33. The van der Waals surface area contributed by atoms with Crippen LogP contribution in [0.3, 0.4) is 0 Å². The van der Waals surface area contributed by atoms with Crippen LogP contribution in [0.2, 0.25) is 17.8 Å². The van der Waals surface area contributed by atoms with E-state index in [0.29, 0.717) is 5.15 Å². The molecule has 0 fully saturated rings. The van der Waals surface area contributed by atoms with Crippen molar-refractivity contribution < 1.29 is 0 Å². The van der Waals surface area contributed by atoms with E-state index >= 15 is 0 Å². The first-order chi connectivity index (χ1) is 10.8. The number of nitrogens with zero attached hydrogens (tertiary/aromatic N) is 3. The Balaban J connectivity index is 1.82. The predicted octanol–water partition coefficient (Wildman–Crippen LogP) is 4.11. The summed E-state index contributed by atoms with van der Waals surface area (Å²) in [6.45, 7) is 0.162. The van der Waals surface area contributed by atoms with Gasteiger partial charge in [0.2, 0.25) is 0 Å². The molecule has 22 heavy (non-hydrogen) atoms. The number of rotatable bonds is 1. The fourth-order valence-corrected chi connectivity index (χ4v) is 3.34. The van der Waals surface area contributed by atoms with Gasteiger partial charge in [0.05, 0.1) is 5.39 Å². The highest BCUT2D eigenvalue weighted by molar-refractivity contribution is 6.67. The van der Waals surface area contributed by atoms with Crippen LogP contribution in [0.15, 0.2) is 30.6 Å². The minimum absolute atomic E-state index is 0.162. The molecular formula is C16H12BClN4. The Morgan fingerprint density at radius 3 is 3.00 bits per heavy atom. The van der Waals surface area contributed by atoms with E-state index in [1.165, 1.54) is 17.5 Å². The maximum absolute atomic E-state index is 8.99. The van der Waals surface area contributed by atoms with Crippen LogP contribution < -0.4 is 0 Å². The number of nitrogens with one attached hydrogen (secondary N) is 1. The molecule has 0 saturated heterocycles. The van der Waals surface area contributed by atoms with Gasteiger partial charge in [-0.2, -0.15) is 0 Å². The van der Waals surface area contributed by atoms with Crippen molar-refractivity contribution in [3.63, 3.8) is 0 Å². The molecule has 106 valence electrons. The molecule has 0 aliphatic carbocycles. The molecule has 1 aliphatic heterocycles. The van der Waals surface area contributed by atoms with Gasteiger partial charge in [-0.3, -0.25) is 0 Å². The lowest BCUT2D eigenvalue weighted by Crippen LogP contribution is -2.12. The number of hydrogen-bond acceptors (Lipinski definition) is 3. The monoisotopic (exact) mass is 306 g/mol. The number of aromatic nitrogens is 3. The van der Waals surface area contributed by atoms with Crippen molar-refractivity contribution in [3.8, 4) is 5.97 Å². The molecule has 1 aromatic carbocycles. The van der Waals surface area contributed by atoms with Gasteiger partial charge in [0, 0.05) is 16.9 Å². The standard InChI is InChI=1S/C16H12BClN4/c18-15-14-12-2-1-11(10-3-5-17(8-19)6-4-10)7-13(12)22-16(14)21-9-20-15/h1-3,7,9H,4-6H2,(H,20,21,22). The predicted molar refractivity (Wildman–Crippen MR) is 90.0 cm³/mol. The molecule has 0 amide bonds. The first kappa shape index (κ1) is 13.4. The third kappa shape index (κ3) is 2.08. The van der Waals surface area contributed by atoms with Gasteiger partial charge in [0.1, 0.15) is 17.1 Å². The molecule has 4 rings (SSSR count). The number of H-pyrrole nitrogens is 1. The van der Waals surface area contributed by atoms with Crippen molar-refractivity contribution in [2.24, 2.45) is 0 Å². The molecular weight excluding hydrogens is 294 g/mol. The Hall–Kier alpha value is -2.32. The Bertz CT molecular complexity index is 954. The Labute approximate surface area is 132 Å². The maximum Gasteiger partial charge on any atom is 0.271 e. The molecule has 0 radical (unpaired) electrons. The number of halogens is 1. The van der Waals surface area contributed by atoms with Crippen LogP contribution in [0, 0.1) is 11.2 Å². The second-order valence-corrected chi connectivity index (χ2v) is 5.96. The lowest BCUT2D eigenvalue weighted by Gasteiger charge is -2.14. The SMILES string of the molecule is N#CB1CC=C(c2ccc3c(c2)[nH]c2ncnc(Cl)c23)CC1. The van der Waals surface area contributed by atoms with Crippen LogP contribution in [0.5, 0.6) is 0 Å². The summed E-state index contributed by atoms with van der Waals surface area (Å²) in [5.41, 5.74) is 4.27. The van der Waals surface area contributed by atoms with Crippen LogP contribution >= 0.6 is 11.6 Å². The van der Waals surface area contributed by atoms with E-state index in [0.717, 1.165) is 41.0 Å². The summed E-state index contributed by atoms with van der Waals surface area (Å²) in [5, 5.41) is 11.4. The zero-order valence-corrected chi connectivity index (χ0v) is 12.6. The van der Waals surface area contributed by atoms with E-state index in [1.807, 2.05) is 0 Å². The number of allylic oxidation sites excluding steroid dienone is 2. The van der Waals surface area contributed by atoms with Gasteiger partial charge in [0.25, 0.3) is 6.71 Å². The third-order valence-corrected chi connectivity index (χ3v) is 4.59. The van der Waals surface area contributed by atoms with E-state index in [4.69, 9.17) is 16.9 Å². The summed E-state index contributed by atoms with van der Waals surface area (Å²) in [7, 11) is 0. The molecule has 1 aliphatic rings. The van der Waals surface area contributed by atoms with Crippen molar-refractivity contribution in [2.75, 3.05) is 0 Å². The first-order valence-electron chi connectivity index (χ1n) is 7.27. The van der Waals surface area contributed by atoms with Gasteiger partial charge in [-0.05, 0) is 29.9 Å². The van der Waals surface area contributed by atoms with Gasteiger partial charge in [-0.1, -0.05) is 36.1 Å². The molecule has 6 heteroatoms. The number of nitriles is 1. The van der Waals surface area contributed by atoms with Crippen LogP contribution in [0.1, 0.15) is 12.0 Å². The smallest absolute Gasteiger partial charge is 0.271 e. The maximum atomic E-state index is 8.99. The van der Waals surface area contributed by atoms with Crippen LogP contribution in [0.25, 0.3) is 27.5 Å². The van der Waals surface area contributed by atoms with E-state index in [2.05, 4.69) is 45.2 Å². The third-order valence-electron chi connectivity index (χ3n) is 4.31. The second kappa shape index (κ2) is 5.15. The van der Waals surface area contributed by atoms with E-state index in [1.54, 1.807) is 0 Å². The van der Waals surface area contributed by atoms with Crippen molar-refractivity contribution in [2.45, 2.75) is 19.1 Å². The average molecular weight is 307 g/mol. The van der Waals surface area contributed by atoms with Gasteiger partial charge in [-0.15, -0.1) is 0 Å². The highest BCUT2D eigenvalue weighted by atomic mass is 35.5. The van der Waals surface area contributed by atoms with Crippen molar-refractivity contribution in [1.82, 2.24) is 15.0 Å². The van der Waals surface area contributed by atoms with Crippen LogP contribution in [-0.4, -0.2) is 21.7 Å². The molecule has 3 aromatic rings. The summed E-state index contributed by atoms with van der Waals surface area (Å²) in [4.78, 5) is 11.6. The van der Waals surface area contributed by atoms with Gasteiger partial charge >= 0.3 is 0 Å². The summed E-state index contributed by atoms with van der Waals surface area (Å²) in [6.07, 6.45) is 6.38. The zero-order valence-electron chi connectivity index (χ0n) is 11.8. The quantitative estimate of drug-likeness (QED) is 0.543. The molecule has 0 saturated carbocycles. The summed E-state index contributed by atoms with van der Waals surface area (Å²) in [6, 6.07) is 6.30. The summed E-state index contributed by atoms with van der Waals surface area (Å²) < 4.78 is 0. The van der Waals surface area contributed by atoms with Crippen LogP contribution in [-0.2, 0) is 0 Å². The van der Waals surface area contributed by atoms with Crippen LogP contribution in [0.4, 0.5) is 0 Å². The topological polar surface area (TPSA) is 65.4 Å². The van der Waals surface area contributed by atoms with Gasteiger partial charge in [-0.25, -0.2) is 15.2 Å². The molecule has 0 atom stereocenters. The average Bonchev–Trinajstić information content (AvgIpc) is 2.93. The molecule has 0 unspecified atom stereocenters. The van der Waals surface area contributed by atoms with Crippen molar-refractivity contribution in [3.05, 3.63) is 41.3 Å². The van der Waals surface area contributed by atoms with E-state index < -0.39 is 0 Å². The normalized spacial score (nSPS) is 15.1. The molecule has 1 N–H and O–H groups in total. The number of aromatic amines is 1. The Kier molecular flexibility index (Phi) is 3.13. The fourth-order valence-electron chi connectivity index (χ4n) is 3.10. The Morgan fingerprint density at radius 1 is 1.32 bits per heavy atom. The highest BCUT2D eigenvalue weighted by Gasteiger charge is 2.19. The minimum Gasteiger partial charge on any atom is -0.339 e. The number of fused-ring (bicyclic) bond motifs is 3. The first-order valence-corrected chi connectivity index (χ1v) is 7.65. The van der Waals surface area contributed by atoms with Crippen molar-refractivity contribution in [1.29, 1.82) is 5.26 Å². The number of hydrogen-bond donors (Lipinski definition) is 1. The summed E-state index contributed by atoms with van der Waals surface area (Å²) >= 11 is 6.18. The molecule has 0 spiro atoms. The molecule has 3 heterocycles. The zero-order chi connectivity index (χ0) is 15.1. The van der Waals surface area contributed by atoms with Gasteiger partial charge < -0.3 is 4.98 Å². The Morgan fingerprint density at radius 2 is 2.23 bits per heavy atom. The second-order valence-electron chi connectivity index (χ2n) is 5.60. The molecule has 2 aromatic heterocycles. The lowest BCUT2D eigenvalue weighted by molar-refractivity contribution is 1.16.